The molecule has 9 nitrogen and oxygen atoms in total. The molecule has 1 N–H and O–H groups in total. The molecule has 3 aromatic rings. The van der Waals surface area contributed by atoms with Gasteiger partial charge in [0, 0.05) is 12.6 Å². The second-order valence-corrected chi connectivity index (χ2v) is 11.5. The average Bonchev–Trinajstić information content (AvgIpc) is 2.99. The Kier molecular flexibility index (Phi) is 11.2. The number of rotatable bonds is 14. The molecule has 0 unspecified atom stereocenters. The van der Waals surface area contributed by atoms with E-state index in [1.165, 1.54) is 17.0 Å². The highest BCUT2D eigenvalue weighted by Crippen LogP contribution is 2.33. The van der Waals surface area contributed by atoms with Gasteiger partial charge in [0.25, 0.3) is 10.0 Å². The molecule has 0 aliphatic rings. The van der Waals surface area contributed by atoms with Crippen LogP contribution in [-0.4, -0.2) is 57.5 Å². The van der Waals surface area contributed by atoms with Crippen LogP contribution in [0.2, 0.25) is 0 Å². The van der Waals surface area contributed by atoms with E-state index in [0.29, 0.717) is 18.1 Å². The molecule has 3 rings (SSSR count). The van der Waals surface area contributed by atoms with Crippen LogP contribution in [0.15, 0.2) is 83.8 Å². The number of benzene rings is 3. The van der Waals surface area contributed by atoms with Crippen LogP contribution in [0.5, 0.6) is 11.5 Å². The molecule has 0 spiro atoms. The predicted molar refractivity (Wildman–Crippen MR) is 159 cm³/mol. The molecule has 0 radical (unpaired) electrons. The second kappa shape index (κ2) is 14.5. The molecule has 0 heterocycles. The maximum absolute atomic E-state index is 14.1. The third-order valence-electron chi connectivity index (χ3n) is 6.72. The second-order valence-electron chi connectivity index (χ2n) is 9.59. The summed E-state index contributed by atoms with van der Waals surface area (Å²) in [5.41, 5.74) is 0.988. The molecule has 220 valence electrons. The fraction of sp³-hybridized carbons (Fsp3) is 0.355. The normalized spacial score (nSPS) is 12.6. The molecular weight excluding hydrogens is 542 g/mol. The Hall–Kier alpha value is -4.05. The van der Waals surface area contributed by atoms with Crippen LogP contribution in [0, 0.1) is 0 Å². The van der Waals surface area contributed by atoms with Crippen molar-refractivity contribution in [2.45, 2.75) is 57.6 Å². The van der Waals surface area contributed by atoms with Gasteiger partial charge >= 0.3 is 0 Å². The van der Waals surface area contributed by atoms with Crippen LogP contribution >= 0.6 is 0 Å². The lowest BCUT2D eigenvalue weighted by Crippen LogP contribution is -2.52. The van der Waals surface area contributed by atoms with E-state index < -0.39 is 28.5 Å². The van der Waals surface area contributed by atoms with E-state index in [1.54, 1.807) is 87.7 Å². The highest BCUT2D eigenvalue weighted by Gasteiger charge is 2.34. The minimum Gasteiger partial charge on any atom is -0.497 e. The summed E-state index contributed by atoms with van der Waals surface area (Å²) in [6.07, 6.45) is 0.724. The first-order valence-corrected chi connectivity index (χ1v) is 15.1. The Balaban J connectivity index is 2.05. The summed E-state index contributed by atoms with van der Waals surface area (Å²) in [6.45, 7) is 7.13. The van der Waals surface area contributed by atoms with Crippen molar-refractivity contribution in [1.82, 2.24) is 10.2 Å². The monoisotopic (exact) mass is 581 g/mol. The summed E-state index contributed by atoms with van der Waals surface area (Å²) in [7, 11) is -2.62. The van der Waals surface area contributed by atoms with E-state index in [9.17, 15) is 18.0 Å². The molecule has 0 fully saturated rings. The smallest absolute Gasteiger partial charge is 0.264 e. The zero-order valence-corrected chi connectivity index (χ0v) is 25.1. The van der Waals surface area contributed by atoms with Crippen LogP contribution in [0.3, 0.4) is 0 Å². The van der Waals surface area contributed by atoms with Gasteiger partial charge in [-0.3, -0.25) is 13.9 Å². The van der Waals surface area contributed by atoms with E-state index in [0.717, 1.165) is 16.3 Å². The molecule has 0 aliphatic heterocycles. The fourth-order valence-corrected chi connectivity index (χ4v) is 5.60. The van der Waals surface area contributed by atoms with Crippen molar-refractivity contribution in [3.63, 3.8) is 0 Å². The Morgan fingerprint density at radius 2 is 1.54 bits per heavy atom. The molecule has 2 amide bonds. The third-order valence-corrected chi connectivity index (χ3v) is 8.50. The molecule has 0 bridgehead atoms. The lowest BCUT2D eigenvalue weighted by atomic mass is 10.1. The van der Waals surface area contributed by atoms with Gasteiger partial charge in [-0.2, -0.15) is 0 Å². The van der Waals surface area contributed by atoms with E-state index in [4.69, 9.17) is 9.47 Å². The molecule has 10 heteroatoms. The van der Waals surface area contributed by atoms with Crippen LogP contribution in [0.25, 0.3) is 0 Å². The first kappa shape index (κ1) is 31.5. The predicted octanol–water partition coefficient (Wildman–Crippen LogP) is 4.62. The minimum atomic E-state index is -4.19. The molecule has 3 aromatic carbocycles. The van der Waals surface area contributed by atoms with Gasteiger partial charge in [0.05, 0.1) is 24.3 Å². The summed E-state index contributed by atoms with van der Waals surface area (Å²) in [6, 6.07) is 20.8. The first-order chi connectivity index (χ1) is 19.6. The summed E-state index contributed by atoms with van der Waals surface area (Å²) < 4.78 is 40.0. The third kappa shape index (κ3) is 8.00. The van der Waals surface area contributed by atoms with Crippen molar-refractivity contribution < 1.29 is 27.5 Å². The number of sulfonamides is 1. The topological polar surface area (TPSA) is 105 Å². The number of hydrogen-bond donors (Lipinski definition) is 1. The van der Waals surface area contributed by atoms with Gasteiger partial charge in [0.15, 0.2) is 0 Å². The number of para-hydroxylation sites is 2. The van der Waals surface area contributed by atoms with Crippen molar-refractivity contribution in [3.05, 3.63) is 84.4 Å². The summed E-state index contributed by atoms with van der Waals surface area (Å²) in [5, 5.41) is 2.93. The van der Waals surface area contributed by atoms with E-state index >= 15 is 0 Å². The minimum absolute atomic E-state index is 0.0309. The molecule has 0 aliphatic carbocycles. The number of hydrogen-bond acceptors (Lipinski definition) is 6. The first-order valence-electron chi connectivity index (χ1n) is 13.6. The Morgan fingerprint density at radius 3 is 2.15 bits per heavy atom. The number of methoxy groups -OCH3 is 1. The van der Waals surface area contributed by atoms with Gasteiger partial charge < -0.3 is 19.7 Å². The van der Waals surface area contributed by atoms with Crippen LogP contribution in [-0.2, 0) is 26.2 Å². The molecule has 0 aromatic heterocycles. The molecule has 41 heavy (non-hydrogen) atoms. The SMILES string of the molecule is CCOc1ccccc1N(CC(=O)N(Cc1ccc(OC)cc1)[C@@H](C)C(=O)N[C@H](C)CC)S(=O)(=O)c1ccccc1. The van der Waals surface area contributed by atoms with E-state index in [2.05, 4.69) is 5.32 Å². The quantitative estimate of drug-likeness (QED) is 0.298. The fourth-order valence-electron chi connectivity index (χ4n) is 4.15. The van der Waals surface area contributed by atoms with Crippen LogP contribution in [0.4, 0.5) is 5.69 Å². The lowest BCUT2D eigenvalue weighted by Gasteiger charge is -2.33. The van der Waals surface area contributed by atoms with Gasteiger partial charge in [0.1, 0.15) is 24.1 Å². The van der Waals surface area contributed by atoms with E-state index in [-0.39, 0.29) is 29.1 Å². The number of anilines is 1. The van der Waals surface area contributed by atoms with Gasteiger partial charge in [-0.25, -0.2) is 8.42 Å². The summed E-state index contributed by atoms with van der Waals surface area (Å²) >= 11 is 0. The zero-order valence-electron chi connectivity index (χ0n) is 24.2. The lowest BCUT2D eigenvalue weighted by molar-refractivity contribution is -0.139. The standard InChI is InChI=1S/C31H39N3O6S/c1-6-23(3)32-31(36)24(4)33(21-25-17-19-26(39-5)20-18-25)30(35)22-34(28-15-11-12-16-29(28)40-7-2)41(37,38)27-13-9-8-10-14-27/h8-20,23-24H,6-7,21-22H2,1-5H3,(H,32,36)/t23-,24+/m1/s1. The number of amides is 2. The zero-order chi connectivity index (χ0) is 30.0. The summed E-state index contributed by atoms with van der Waals surface area (Å²) in [4.78, 5) is 28.7. The Bertz CT molecular complexity index is 1400. The van der Waals surface area contributed by atoms with Crippen molar-refractivity contribution in [2.24, 2.45) is 0 Å². The maximum Gasteiger partial charge on any atom is 0.264 e. The number of nitrogens with one attached hydrogen (secondary N) is 1. The van der Waals surface area contributed by atoms with Crippen LogP contribution in [0.1, 0.15) is 39.7 Å². The highest BCUT2D eigenvalue weighted by atomic mass is 32.2. The highest BCUT2D eigenvalue weighted by molar-refractivity contribution is 7.92. The van der Waals surface area contributed by atoms with Crippen molar-refractivity contribution in [1.29, 1.82) is 0 Å². The van der Waals surface area contributed by atoms with Gasteiger partial charge in [0.2, 0.25) is 11.8 Å². The number of carbonyl (C=O) groups excluding carboxylic acids is 2. The molecular formula is C31H39N3O6S. The molecule has 0 saturated heterocycles. The van der Waals surface area contributed by atoms with Crippen LogP contribution < -0.4 is 19.1 Å². The largest absolute Gasteiger partial charge is 0.497 e. The van der Waals surface area contributed by atoms with Gasteiger partial charge in [-0.1, -0.05) is 49.4 Å². The molecule has 2 atom stereocenters. The van der Waals surface area contributed by atoms with Crippen molar-refractivity contribution in [3.8, 4) is 11.5 Å². The number of ether oxygens (including phenoxy) is 2. The average molecular weight is 582 g/mol. The van der Waals surface area contributed by atoms with E-state index in [1.807, 2.05) is 13.8 Å². The number of nitrogens with zero attached hydrogens (tertiary/aromatic N) is 2. The Labute approximate surface area is 243 Å². The van der Waals surface area contributed by atoms with Gasteiger partial charge in [-0.15, -0.1) is 0 Å². The maximum atomic E-state index is 14.1. The van der Waals surface area contributed by atoms with Gasteiger partial charge in [-0.05, 0) is 69.2 Å². The van der Waals surface area contributed by atoms with Crippen molar-refractivity contribution >= 4 is 27.5 Å². The summed E-state index contributed by atoms with van der Waals surface area (Å²) in [5.74, 6) is 0.111. The van der Waals surface area contributed by atoms with Crippen molar-refractivity contribution in [2.75, 3.05) is 24.6 Å². The Morgan fingerprint density at radius 1 is 0.902 bits per heavy atom. The molecule has 0 saturated carbocycles. The number of carbonyl (C=O) groups is 2.